The Morgan fingerprint density at radius 3 is 2.53 bits per heavy atom. The fourth-order valence-electron chi connectivity index (χ4n) is 4.81. The van der Waals surface area contributed by atoms with Crippen molar-refractivity contribution >= 4 is 22.7 Å². The Bertz CT molecular complexity index is 1130. The van der Waals surface area contributed by atoms with Crippen LogP contribution < -0.4 is 0 Å². The molecule has 1 fully saturated rings. The van der Waals surface area contributed by atoms with Crippen molar-refractivity contribution in [3.63, 3.8) is 0 Å². The van der Waals surface area contributed by atoms with Crippen LogP contribution in [0.3, 0.4) is 0 Å². The van der Waals surface area contributed by atoms with Crippen LogP contribution in [0.1, 0.15) is 34.5 Å². The van der Waals surface area contributed by atoms with Crippen molar-refractivity contribution in [3.8, 4) is 0 Å². The van der Waals surface area contributed by atoms with Gasteiger partial charge in [0.25, 0.3) is 5.91 Å². The number of carbonyl (C=O) groups excluding carboxylic acids is 2. The first kappa shape index (κ1) is 18.9. The van der Waals surface area contributed by atoms with Crippen molar-refractivity contribution in [1.82, 2.24) is 14.4 Å². The van der Waals surface area contributed by atoms with Gasteiger partial charge >= 0.3 is 0 Å². The van der Waals surface area contributed by atoms with Gasteiger partial charge < -0.3 is 19.1 Å². The van der Waals surface area contributed by atoms with E-state index in [1.54, 1.807) is 4.90 Å². The lowest BCUT2D eigenvalue weighted by Crippen LogP contribution is -2.51. The number of ether oxygens (including phenoxy) is 1. The van der Waals surface area contributed by atoms with Gasteiger partial charge in [0.2, 0.25) is 5.91 Å². The van der Waals surface area contributed by atoms with Gasteiger partial charge in [-0.2, -0.15) is 0 Å². The molecule has 30 heavy (non-hydrogen) atoms. The number of amides is 2. The Morgan fingerprint density at radius 1 is 1.03 bits per heavy atom. The lowest BCUT2D eigenvalue weighted by atomic mass is 9.97. The fourth-order valence-corrected chi connectivity index (χ4v) is 4.81. The molecule has 0 spiro atoms. The van der Waals surface area contributed by atoms with E-state index in [-0.39, 0.29) is 17.9 Å². The van der Waals surface area contributed by atoms with E-state index in [1.807, 2.05) is 55.3 Å². The quantitative estimate of drug-likeness (QED) is 0.676. The van der Waals surface area contributed by atoms with E-state index in [0.717, 1.165) is 22.0 Å². The number of para-hydroxylation sites is 1. The highest BCUT2D eigenvalue weighted by molar-refractivity contribution is 6.03. The molecule has 2 aliphatic heterocycles. The van der Waals surface area contributed by atoms with Crippen molar-refractivity contribution in [2.24, 2.45) is 7.05 Å². The van der Waals surface area contributed by atoms with Crippen LogP contribution in [0, 0.1) is 0 Å². The Balaban J connectivity index is 1.62. The molecule has 6 heteroatoms. The molecule has 0 saturated carbocycles. The van der Waals surface area contributed by atoms with Gasteiger partial charge in [-0.15, -0.1) is 0 Å². The normalized spacial score (nSPS) is 19.9. The molecule has 5 rings (SSSR count). The molecule has 0 N–H and O–H groups in total. The Morgan fingerprint density at radius 2 is 1.73 bits per heavy atom. The van der Waals surface area contributed by atoms with Gasteiger partial charge in [-0.05, 0) is 24.6 Å². The number of hydrogen-bond donors (Lipinski definition) is 0. The second-order valence-corrected chi connectivity index (χ2v) is 8.03. The summed E-state index contributed by atoms with van der Waals surface area (Å²) in [6.45, 7) is 4.06. The van der Waals surface area contributed by atoms with Crippen LogP contribution in [0.25, 0.3) is 10.9 Å². The average molecular weight is 403 g/mol. The van der Waals surface area contributed by atoms with E-state index in [9.17, 15) is 9.59 Å². The minimum Gasteiger partial charge on any atom is -0.378 e. The Kier molecular flexibility index (Phi) is 4.59. The zero-order valence-corrected chi connectivity index (χ0v) is 17.2. The molecule has 3 aromatic rings. The molecule has 0 radical (unpaired) electrons. The number of morpholine rings is 1. The molecule has 0 unspecified atom stereocenters. The number of rotatable bonds is 3. The predicted octanol–water partition coefficient (Wildman–Crippen LogP) is 2.97. The van der Waals surface area contributed by atoms with Gasteiger partial charge in [0.1, 0.15) is 6.04 Å². The van der Waals surface area contributed by atoms with Gasteiger partial charge in [-0.3, -0.25) is 9.59 Å². The highest BCUT2D eigenvalue weighted by Crippen LogP contribution is 2.42. The lowest BCUT2D eigenvalue weighted by Gasteiger charge is -2.35. The van der Waals surface area contributed by atoms with Crippen LogP contribution in [0.5, 0.6) is 0 Å². The van der Waals surface area contributed by atoms with Crippen LogP contribution in [0.2, 0.25) is 0 Å². The first-order valence-corrected chi connectivity index (χ1v) is 10.4. The van der Waals surface area contributed by atoms with E-state index in [4.69, 9.17) is 4.74 Å². The monoisotopic (exact) mass is 403 g/mol. The molecule has 154 valence electrons. The summed E-state index contributed by atoms with van der Waals surface area (Å²) >= 11 is 0. The smallest absolute Gasteiger partial charge is 0.255 e. The number of hydrogen-bond acceptors (Lipinski definition) is 3. The summed E-state index contributed by atoms with van der Waals surface area (Å²) in [5, 5.41) is 1.10. The summed E-state index contributed by atoms with van der Waals surface area (Å²) in [5.74, 6) is -0.109. The largest absolute Gasteiger partial charge is 0.378 e. The van der Waals surface area contributed by atoms with Crippen LogP contribution >= 0.6 is 0 Å². The first-order chi connectivity index (χ1) is 14.6. The minimum absolute atomic E-state index is 0.0234. The van der Waals surface area contributed by atoms with Crippen molar-refractivity contribution in [3.05, 3.63) is 71.4 Å². The van der Waals surface area contributed by atoms with E-state index >= 15 is 0 Å². The van der Waals surface area contributed by atoms with Crippen molar-refractivity contribution in [2.75, 3.05) is 26.3 Å². The summed E-state index contributed by atoms with van der Waals surface area (Å²) in [5.41, 5.74) is 3.79. The first-order valence-electron chi connectivity index (χ1n) is 10.4. The van der Waals surface area contributed by atoms with E-state index in [1.165, 1.54) is 0 Å². The minimum atomic E-state index is -0.563. The van der Waals surface area contributed by atoms with E-state index in [2.05, 4.69) is 22.9 Å². The predicted molar refractivity (Wildman–Crippen MR) is 114 cm³/mol. The standard InChI is InChI=1S/C24H25N3O3/c1-16(23(28)26-11-13-30-14-12-26)27-22(18-8-3-4-9-19(18)24(27)29)20-15-25(2)21-10-6-5-7-17(20)21/h3-10,15-16,22H,11-14H2,1-2H3/t16-,22-/m0/s1. The lowest BCUT2D eigenvalue weighted by molar-refractivity contribution is -0.140. The Hall–Kier alpha value is -3.12. The summed E-state index contributed by atoms with van der Waals surface area (Å²) in [7, 11) is 2.02. The van der Waals surface area contributed by atoms with Crippen LogP contribution in [0.4, 0.5) is 0 Å². The van der Waals surface area contributed by atoms with Gasteiger partial charge in [-0.1, -0.05) is 36.4 Å². The third-order valence-corrected chi connectivity index (χ3v) is 6.32. The van der Waals surface area contributed by atoms with Crippen molar-refractivity contribution < 1.29 is 14.3 Å². The zero-order chi connectivity index (χ0) is 20.8. The number of aryl methyl sites for hydroxylation is 1. The maximum Gasteiger partial charge on any atom is 0.255 e. The molecule has 2 amide bonds. The molecular formula is C24H25N3O3. The highest BCUT2D eigenvalue weighted by atomic mass is 16.5. The summed E-state index contributed by atoms with van der Waals surface area (Å²) in [6.07, 6.45) is 2.09. The number of benzene rings is 2. The molecule has 0 bridgehead atoms. The van der Waals surface area contributed by atoms with Gasteiger partial charge in [0.15, 0.2) is 0 Å². The van der Waals surface area contributed by atoms with Crippen LogP contribution in [-0.4, -0.2) is 58.5 Å². The maximum absolute atomic E-state index is 13.5. The van der Waals surface area contributed by atoms with Crippen molar-refractivity contribution in [1.29, 1.82) is 0 Å². The third kappa shape index (κ3) is 2.82. The van der Waals surface area contributed by atoms with Crippen molar-refractivity contribution in [2.45, 2.75) is 19.0 Å². The number of aromatic nitrogens is 1. The molecule has 0 aliphatic carbocycles. The topological polar surface area (TPSA) is 54.8 Å². The van der Waals surface area contributed by atoms with Gasteiger partial charge in [0, 0.05) is 48.4 Å². The molecule has 6 nitrogen and oxygen atoms in total. The number of carbonyl (C=O) groups is 2. The average Bonchev–Trinajstić information content (AvgIpc) is 3.28. The molecule has 2 atom stereocenters. The summed E-state index contributed by atoms with van der Waals surface area (Å²) in [4.78, 5) is 30.4. The molecular weight excluding hydrogens is 378 g/mol. The number of fused-ring (bicyclic) bond motifs is 2. The van der Waals surface area contributed by atoms with Crippen LogP contribution in [0.15, 0.2) is 54.7 Å². The highest BCUT2D eigenvalue weighted by Gasteiger charge is 2.44. The number of nitrogens with zero attached hydrogens (tertiary/aromatic N) is 3. The summed E-state index contributed by atoms with van der Waals surface area (Å²) < 4.78 is 7.48. The fraction of sp³-hybridized carbons (Fsp3) is 0.333. The second kappa shape index (κ2) is 7.29. The second-order valence-electron chi connectivity index (χ2n) is 8.03. The van der Waals surface area contributed by atoms with Gasteiger partial charge in [-0.25, -0.2) is 0 Å². The third-order valence-electron chi connectivity index (χ3n) is 6.32. The molecule has 3 heterocycles. The SMILES string of the molecule is C[C@@H](C(=O)N1CCOCC1)N1C(=O)c2ccccc2[C@H]1c1cn(C)c2ccccc12. The molecule has 2 aliphatic rings. The molecule has 1 aromatic heterocycles. The van der Waals surface area contributed by atoms with E-state index < -0.39 is 6.04 Å². The zero-order valence-electron chi connectivity index (χ0n) is 17.2. The van der Waals surface area contributed by atoms with E-state index in [0.29, 0.717) is 31.9 Å². The molecule has 1 saturated heterocycles. The Labute approximate surface area is 175 Å². The summed E-state index contributed by atoms with van der Waals surface area (Å²) in [6, 6.07) is 15.1. The van der Waals surface area contributed by atoms with Gasteiger partial charge in [0.05, 0.1) is 19.3 Å². The van der Waals surface area contributed by atoms with Crippen LogP contribution in [-0.2, 0) is 16.6 Å². The maximum atomic E-state index is 13.5. The molecule has 2 aromatic carbocycles.